The lowest BCUT2D eigenvalue weighted by Gasteiger charge is -2.32. The Bertz CT molecular complexity index is 1180. The molecule has 0 bridgehead atoms. The van der Waals surface area contributed by atoms with Gasteiger partial charge in [0.05, 0.1) is 19.3 Å². The fraction of sp³-hybridized carbons (Fsp3) is 0.414. The molecule has 0 fully saturated rings. The van der Waals surface area contributed by atoms with Crippen LogP contribution in [-0.2, 0) is 22.7 Å². The second-order valence-electron chi connectivity index (χ2n) is 10.2. The van der Waals surface area contributed by atoms with Crippen LogP contribution in [0.25, 0.3) is 11.1 Å². The van der Waals surface area contributed by atoms with Crippen LogP contribution in [0.4, 0.5) is 5.69 Å². The number of rotatable bonds is 11. The lowest BCUT2D eigenvalue weighted by Crippen LogP contribution is -2.48. The molecule has 1 aliphatic heterocycles. The quantitative estimate of drug-likeness (QED) is 0.385. The van der Waals surface area contributed by atoms with Gasteiger partial charge in [0.1, 0.15) is 0 Å². The number of nitrogens with one attached hydrogen (secondary N) is 2. The Morgan fingerprint density at radius 1 is 1.08 bits per heavy atom. The van der Waals surface area contributed by atoms with E-state index in [9.17, 15) is 9.59 Å². The Morgan fingerprint density at radius 3 is 2.46 bits per heavy atom. The number of amides is 2. The van der Waals surface area contributed by atoms with Crippen LogP contribution in [0.3, 0.4) is 0 Å². The van der Waals surface area contributed by atoms with Crippen molar-refractivity contribution in [2.45, 2.75) is 46.7 Å². The van der Waals surface area contributed by atoms with Gasteiger partial charge in [-0.1, -0.05) is 50.2 Å². The molecule has 2 aromatic carbocycles. The summed E-state index contributed by atoms with van der Waals surface area (Å²) in [5, 5.41) is 13.7. The number of anilines is 1. The Balaban J connectivity index is 1.50. The van der Waals surface area contributed by atoms with Gasteiger partial charge in [0.15, 0.2) is 0 Å². The third-order valence-electron chi connectivity index (χ3n) is 6.93. The molecule has 37 heavy (non-hydrogen) atoms. The first-order chi connectivity index (χ1) is 17.8. The first-order valence-electron chi connectivity index (χ1n) is 13.0. The number of benzene rings is 2. The number of aryl methyl sites for hydroxylation is 1. The summed E-state index contributed by atoms with van der Waals surface area (Å²) in [5.41, 5.74) is 6.28. The molecule has 2 amide bonds. The zero-order valence-electron chi connectivity index (χ0n) is 22.3. The van der Waals surface area contributed by atoms with Gasteiger partial charge in [-0.2, -0.15) is 5.10 Å². The highest BCUT2D eigenvalue weighted by Gasteiger charge is 2.27. The zero-order valence-corrected chi connectivity index (χ0v) is 22.3. The molecular weight excluding hydrogens is 464 g/mol. The van der Waals surface area contributed by atoms with E-state index in [2.05, 4.69) is 41.5 Å². The standard InChI is InChI=1S/C29H38N6O2/c1-21(2)8-7-13-30-28(36)19-34(27-14-23(12-11-22(27)3)26-15-31-32-16-26)20-29(37)33(4)35-17-24-9-5-6-10-25(24)18-35/h5-6,9-12,14-16,21H,7-8,13,17-20H2,1-4H3,(H,30,36)(H,31,32). The van der Waals surface area contributed by atoms with Crippen LogP contribution in [0.1, 0.15) is 43.4 Å². The van der Waals surface area contributed by atoms with Gasteiger partial charge < -0.3 is 10.2 Å². The van der Waals surface area contributed by atoms with E-state index in [1.165, 1.54) is 11.1 Å². The first-order valence-corrected chi connectivity index (χ1v) is 13.0. The number of likely N-dealkylation sites (N-methyl/N-ethyl adjacent to an activating group) is 1. The Labute approximate surface area is 219 Å². The first kappa shape index (κ1) is 26.4. The van der Waals surface area contributed by atoms with Crippen molar-refractivity contribution in [1.29, 1.82) is 0 Å². The number of carbonyl (C=O) groups excluding carboxylic acids is 2. The number of fused-ring (bicyclic) bond motifs is 1. The smallest absolute Gasteiger partial charge is 0.256 e. The predicted molar refractivity (Wildman–Crippen MR) is 147 cm³/mol. The van der Waals surface area contributed by atoms with Crippen molar-refractivity contribution in [3.05, 3.63) is 71.5 Å². The molecule has 1 aromatic heterocycles. The van der Waals surface area contributed by atoms with Crippen LogP contribution in [0.5, 0.6) is 0 Å². The summed E-state index contributed by atoms with van der Waals surface area (Å²) in [6.07, 6.45) is 5.61. The maximum atomic E-state index is 13.5. The number of nitrogens with zero attached hydrogens (tertiary/aromatic N) is 4. The average Bonchev–Trinajstić information content (AvgIpc) is 3.56. The van der Waals surface area contributed by atoms with Crippen LogP contribution in [0, 0.1) is 12.8 Å². The van der Waals surface area contributed by atoms with E-state index in [0.717, 1.165) is 35.2 Å². The maximum Gasteiger partial charge on any atom is 0.256 e. The molecule has 0 saturated carbocycles. The van der Waals surface area contributed by atoms with E-state index in [0.29, 0.717) is 25.6 Å². The summed E-state index contributed by atoms with van der Waals surface area (Å²) >= 11 is 0. The third-order valence-corrected chi connectivity index (χ3v) is 6.93. The van der Waals surface area contributed by atoms with Gasteiger partial charge in [0.2, 0.25) is 5.91 Å². The predicted octanol–water partition coefficient (Wildman–Crippen LogP) is 4.13. The van der Waals surface area contributed by atoms with Crippen LogP contribution >= 0.6 is 0 Å². The normalized spacial score (nSPS) is 13.0. The highest BCUT2D eigenvalue weighted by molar-refractivity contribution is 5.87. The largest absolute Gasteiger partial charge is 0.355 e. The van der Waals surface area contributed by atoms with E-state index in [4.69, 9.17) is 0 Å². The van der Waals surface area contributed by atoms with Gasteiger partial charge >= 0.3 is 0 Å². The summed E-state index contributed by atoms with van der Waals surface area (Å²) in [5.74, 6) is 0.459. The third kappa shape index (κ3) is 6.77. The summed E-state index contributed by atoms with van der Waals surface area (Å²) in [6.45, 7) is 8.61. The van der Waals surface area contributed by atoms with Crippen LogP contribution < -0.4 is 10.2 Å². The highest BCUT2D eigenvalue weighted by Crippen LogP contribution is 2.28. The van der Waals surface area contributed by atoms with Gasteiger partial charge in [0, 0.05) is 44.1 Å². The molecule has 0 radical (unpaired) electrons. The number of hydrazine groups is 1. The molecule has 196 valence electrons. The second-order valence-corrected chi connectivity index (χ2v) is 10.2. The number of hydrogen-bond acceptors (Lipinski definition) is 5. The van der Waals surface area contributed by atoms with Crippen molar-refractivity contribution in [2.75, 3.05) is 31.6 Å². The molecule has 2 N–H and O–H groups in total. The number of hydrogen-bond donors (Lipinski definition) is 2. The number of aromatic nitrogens is 2. The Hall–Kier alpha value is -3.65. The van der Waals surface area contributed by atoms with Crippen LogP contribution in [-0.4, -0.2) is 58.7 Å². The second kappa shape index (κ2) is 12.1. The van der Waals surface area contributed by atoms with Crippen molar-refractivity contribution in [2.24, 2.45) is 5.92 Å². The fourth-order valence-electron chi connectivity index (χ4n) is 4.68. The van der Waals surface area contributed by atoms with E-state index in [-0.39, 0.29) is 24.9 Å². The average molecular weight is 503 g/mol. The summed E-state index contributed by atoms with van der Waals surface area (Å²) < 4.78 is 0. The van der Waals surface area contributed by atoms with Gasteiger partial charge in [0.25, 0.3) is 5.91 Å². The minimum Gasteiger partial charge on any atom is -0.355 e. The van der Waals surface area contributed by atoms with Crippen molar-refractivity contribution >= 4 is 17.5 Å². The molecule has 0 atom stereocenters. The minimum absolute atomic E-state index is 0.0615. The Kier molecular flexibility index (Phi) is 8.61. The summed E-state index contributed by atoms with van der Waals surface area (Å²) in [7, 11) is 1.81. The topological polar surface area (TPSA) is 84.6 Å². The van der Waals surface area contributed by atoms with Gasteiger partial charge in [-0.25, -0.2) is 5.01 Å². The van der Waals surface area contributed by atoms with Crippen LogP contribution in [0.2, 0.25) is 0 Å². The van der Waals surface area contributed by atoms with E-state index in [1.807, 2.05) is 60.4 Å². The lowest BCUT2D eigenvalue weighted by molar-refractivity contribution is -0.145. The maximum absolute atomic E-state index is 13.5. The molecular formula is C29H38N6O2. The molecule has 0 saturated heterocycles. The molecule has 0 aliphatic carbocycles. The summed E-state index contributed by atoms with van der Waals surface area (Å²) in [4.78, 5) is 28.3. The fourth-order valence-corrected chi connectivity index (χ4v) is 4.68. The molecule has 8 nitrogen and oxygen atoms in total. The molecule has 8 heteroatoms. The van der Waals surface area contributed by atoms with Crippen molar-refractivity contribution < 1.29 is 9.59 Å². The van der Waals surface area contributed by atoms with Crippen molar-refractivity contribution in [3.63, 3.8) is 0 Å². The van der Waals surface area contributed by atoms with Crippen LogP contribution in [0.15, 0.2) is 54.9 Å². The highest BCUT2D eigenvalue weighted by atomic mass is 16.2. The van der Waals surface area contributed by atoms with Crippen molar-refractivity contribution in [3.8, 4) is 11.1 Å². The van der Waals surface area contributed by atoms with Crippen molar-refractivity contribution in [1.82, 2.24) is 25.5 Å². The lowest BCUT2D eigenvalue weighted by atomic mass is 10.0. The number of aromatic amines is 1. The van der Waals surface area contributed by atoms with Gasteiger partial charge in [-0.15, -0.1) is 0 Å². The zero-order chi connectivity index (χ0) is 26.4. The number of H-pyrrole nitrogens is 1. The molecule has 2 heterocycles. The summed E-state index contributed by atoms with van der Waals surface area (Å²) in [6, 6.07) is 14.4. The SMILES string of the molecule is Cc1ccc(-c2cn[nH]c2)cc1N(CC(=O)NCCCC(C)C)CC(=O)N(C)N1Cc2ccccc2C1. The molecule has 0 unspecified atom stereocenters. The monoisotopic (exact) mass is 502 g/mol. The minimum atomic E-state index is -0.0825. The van der Waals surface area contributed by atoms with E-state index in [1.54, 1.807) is 11.2 Å². The number of carbonyl (C=O) groups is 2. The van der Waals surface area contributed by atoms with E-state index < -0.39 is 0 Å². The molecule has 1 aliphatic rings. The van der Waals surface area contributed by atoms with E-state index >= 15 is 0 Å². The molecule has 0 spiro atoms. The Morgan fingerprint density at radius 2 is 1.81 bits per heavy atom. The van der Waals surface area contributed by atoms with Gasteiger partial charge in [-0.3, -0.25) is 19.7 Å². The van der Waals surface area contributed by atoms with Gasteiger partial charge in [-0.05, 0) is 54.0 Å². The molecule has 3 aromatic rings. The molecule has 4 rings (SSSR count).